The van der Waals surface area contributed by atoms with Crippen molar-refractivity contribution in [3.63, 3.8) is 0 Å². The highest BCUT2D eigenvalue weighted by molar-refractivity contribution is 4.87. The Labute approximate surface area is 70.6 Å². The number of terminal acetylenes is 1. The van der Waals surface area contributed by atoms with Gasteiger partial charge in [-0.05, 0) is 13.3 Å². The molecule has 0 aliphatic heterocycles. The molecule has 0 heterocycles. The van der Waals surface area contributed by atoms with Crippen molar-refractivity contribution in [2.24, 2.45) is 0 Å². The molecule has 64 valence electrons. The van der Waals surface area contributed by atoms with Gasteiger partial charge in [0.1, 0.15) is 0 Å². The fourth-order valence-corrected chi connectivity index (χ4v) is 1.04. The van der Waals surface area contributed by atoms with E-state index in [0.717, 1.165) is 0 Å². The molecule has 0 aromatic rings. The molecule has 0 radical (unpaired) electrons. The Morgan fingerprint density at radius 1 is 1.45 bits per heavy atom. The Kier molecular flexibility index (Phi) is 7.29. The molecule has 0 amide bonds. The number of unbranched alkanes of at least 4 members (excludes halogenated alkanes) is 2. The molecule has 0 fully saturated rings. The van der Waals surface area contributed by atoms with Crippen LogP contribution in [0.15, 0.2) is 0 Å². The Hall–Kier alpha value is -0.480. The minimum atomic E-state index is 0.581. The first-order valence-electron chi connectivity index (χ1n) is 4.48. The second-order valence-corrected chi connectivity index (χ2v) is 2.98. The number of rotatable bonds is 6. The SMILES string of the molecule is C#CCNC(C)CCCCC. The maximum atomic E-state index is 5.12. The Morgan fingerprint density at radius 3 is 2.73 bits per heavy atom. The zero-order valence-corrected chi connectivity index (χ0v) is 7.69. The van der Waals surface area contributed by atoms with Gasteiger partial charge >= 0.3 is 0 Å². The second-order valence-electron chi connectivity index (χ2n) is 2.98. The van der Waals surface area contributed by atoms with Crippen LogP contribution in [0.2, 0.25) is 0 Å². The summed E-state index contributed by atoms with van der Waals surface area (Å²) in [6.07, 6.45) is 10.3. The van der Waals surface area contributed by atoms with Crippen LogP contribution in [-0.2, 0) is 0 Å². The Morgan fingerprint density at radius 2 is 2.18 bits per heavy atom. The Bertz CT molecular complexity index is 113. The summed E-state index contributed by atoms with van der Waals surface area (Å²) in [5.41, 5.74) is 0. The summed E-state index contributed by atoms with van der Waals surface area (Å²) in [7, 11) is 0. The van der Waals surface area contributed by atoms with E-state index in [2.05, 4.69) is 25.1 Å². The number of nitrogens with one attached hydrogen (secondary N) is 1. The van der Waals surface area contributed by atoms with Gasteiger partial charge in [-0.3, -0.25) is 0 Å². The summed E-state index contributed by atoms with van der Waals surface area (Å²) in [6.45, 7) is 5.11. The van der Waals surface area contributed by atoms with E-state index in [0.29, 0.717) is 12.6 Å². The van der Waals surface area contributed by atoms with E-state index in [1.54, 1.807) is 0 Å². The highest BCUT2D eigenvalue weighted by Crippen LogP contribution is 2.01. The normalized spacial score (nSPS) is 12.5. The predicted octanol–water partition coefficient (Wildman–Crippen LogP) is 2.18. The average Bonchev–Trinajstić information content (AvgIpc) is 2.01. The van der Waals surface area contributed by atoms with Crippen molar-refractivity contribution in [1.29, 1.82) is 0 Å². The lowest BCUT2D eigenvalue weighted by atomic mass is 10.1. The van der Waals surface area contributed by atoms with E-state index in [9.17, 15) is 0 Å². The molecule has 0 saturated heterocycles. The van der Waals surface area contributed by atoms with Crippen LogP contribution in [0, 0.1) is 12.3 Å². The lowest BCUT2D eigenvalue weighted by Gasteiger charge is -2.10. The summed E-state index contributed by atoms with van der Waals surface area (Å²) in [5.74, 6) is 2.58. The van der Waals surface area contributed by atoms with Crippen molar-refractivity contribution in [2.45, 2.75) is 45.6 Å². The predicted molar refractivity (Wildman–Crippen MR) is 50.4 cm³/mol. The van der Waals surface area contributed by atoms with Crippen LogP contribution in [0.4, 0.5) is 0 Å². The third-order valence-corrected chi connectivity index (χ3v) is 1.79. The molecule has 1 nitrogen and oxygen atoms in total. The fourth-order valence-electron chi connectivity index (χ4n) is 1.04. The van der Waals surface area contributed by atoms with E-state index in [-0.39, 0.29) is 0 Å². The van der Waals surface area contributed by atoms with Gasteiger partial charge in [-0.2, -0.15) is 0 Å². The van der Waals surface area contributed by atoms with Gasteiger partial charge in [0.15, 0.2) is 0 Å². The molecule has 0 saturated carbocycles. The molecule has 0 aromatic carbocycles. The van der Waals surface area contributed by atoms with E-state index >= 15 is 0 Å². The first-order chi connectivity index (χ1) is 5.31. The van der Waals surface area contributed by atoms with Crippen molar-refractivity contribution >= 4 is 0 Å². The van der Waals surface area contributed by atoms with E-state index in [1.807, 2.05) is 0 Å². The minimum absolute atomic E-state index is 0.581. The second kappa shape index (κ2) is 7.63. The maximum absolute atomic E-state index is 5.12. The fraction of sp³-hybridized carbons (Fsp3) is 0.800. The summed E-state index contributed by atoms with van der Waals surface area (Å²) in [6, 6.07) is 0.581. The largest absolute Gasteiger partial charge is 0.304 e. The molecular formula is C10H19N. The van der Waals surface area contributed by atoms with Crippen LogP contribution in [0.3, 0.4) is 0 Å². The topological polar surface area (TPSA) is 12.0 Å². The molecule has 11 heavy (non-hydrogen) atoms. The molecule has 0 rings (SSSR count). The van der Waals surface area contributed by atoms with Crippen LogP contribution in [-0.4, -0.2) is 12.6 Å². The van der Waals surface area contributed by atoms with Gasteiger partial charge in [-0.15, -0.1) is 6.42 Å². The van der Waals surface area contributed by atoms with Crippen molar-refractivity contribution in [2.75, 3.05) is 6.54 Å². The first kappa shape index (κ1) is 10.5. The molecule has 1 atom stereocenters. The first-order valence-corrected chi connectivity index (χ1v) is 4.48. The van der Waals surface area contributed by atoms with Crippen molar-refractivity contribution in [3.8, 4) is 12.3 Å². The van der Waals surface area contributed by atoms with E-state index in [1.165, 1.54) is 25.7 Å². The summed E-state index contributed by atoms with van der Waals surface area (Å²) in [5, 5.41) is 3.26. The minimum Gasteiger partial charge on any atom is -0.304 e. The molecule has 0 aliphatic rings. The molecule has 0 aliphatic carbocycles. The third-order valence-electron chi connectivity index (χ3n) is 1.79. The summed E-state index contributed by atoms with van der Waals surface area (Å²) >= 11 is 0. The lowest BCUT2D eigenvalue weighted by molar-refractivity contribution is 0.512. The van der Waals surface area contributed by atoms with E-state index in [4.69, 9.17) is 6.42 Å². The van der Waals surface area contributed by atoms with Crippen molar-refractivity contribution in [1.82, 2.24) is 5.32 Å². The Balaban J connectivity index is 3.10. The molecule has 0 aromatic heterocycles. The maximum Gasteiger partial charge on any atom is 0.0575 e. The monoisotopic (exact) mass is 153 g/mol. The van der Waals surface area contributed by atoms with Gasteiger partial charge in [0.05, 0.1) is 6.54 Å². The van der Waals surface area contributed by atoms with Crippen LogP contribution >= 0.6 is 0 Å². The van der Waals surface area contributed by atoms with Crippen LogP contribution in [0.5, 0.6) is 0 Å². The van der Waals surface area contributed by atoms with Gasteiger partial charge in [-0.1, -0.05) is 32.1 Å². The van der Waals surface area contributed by atoms with E-state index < -0.39 is 0 Å². The molecule has 0 spiro atoms. The van der Waals surface area contributed by atoms with Gasteiger partial charge in [0.2, 0.25) is 0 Å². The molecule has 0 bridgehead atoms. The number of hydrogen-bond acceptors (Lipinski definition) is 1. The lowest BCUT2D eigenvalue weighted by Crippen LogP contribution is -2.25. The zero-order chi connectivity index (χ0) is 8.53. The molecule has 1 unspecified atom stereocenters. The molecule has 1 N–H and O–H groups in total. The van der Waals surface area contributed by atoms with Crippen LogP contribution in [0.25, 0.3) is 0 Å². The van der Waals surface area contributed by atoms with Crippen LogP contribution < -0.4 is 5.32 Å². The van der Waals surface area contributed by atoms with Gasteiger partial charge in [0.25, 0.3) is 0 Å². The van der Waals surface area contributed by atoms with Gasteiger partial charge in [0, 0.05) is 6.04 Å². The standard InChI is InChI=1S/C10H19N/c1-4-6-7-8-10(3)11-9-5-2/h2,10-11H,4,6-9H2,1,3H3. The summed E-state index contributed by atoms with van der Waals surface area (Å²) < 4.78 is 0. The smallest absolute Gasteiger partial charge is 0.0575 e. The van der Waals surface area contributed by atoms with Crippen LogP contribution in [0.1, 0.15) is 39.5 Å². The van der Waals surface area contributed by atoms with Gasteiger partial charge in [-0.25, -0.2) is 0 Å². The number of hydrogen-bond donors (Lipinski definition) is 1. The van der Waals surface area contributed by atoms with Gasteiger partial charge < -0.3 is 5.32 Å². The quantitative estimate of drug-likeness (QED) is 0.455. The highest BCUT2D eigenvalue weighted by atomic mass is 14.9. The van der Waals surface area contributed by atoms with Crippen molar-refractivity contribution < 1.29 is 0 Å². The van der Waals surface area contributed by atoms with Crippen molar-refractivity contribution in [3.05, 3.63) is 0 Å². The average molecular weight is 153 g/mol. The third kappa shape index (κ3) is 7.42. The highest BCUT2D eigenvalue weighted by Gasteiger charge is 1.97. The zero-order valence-electron chi connectivity index (χ0n) is 7.69. The molecule has 1 heteroatoms. The summed E-state index contributed by atoms with van der Waals surface area (Å²) in [4.78, 5) is 0. The molecular weight excluding hydrogens is 134 g/mol.